The van der Waals surface area contributed by atoms with Gasteiger partial charge >= 0.3 is 0 Å². The predicted molar refractivity (Wildman–Crippen MR) is 101 cm³/mol. The first-order chi connectivity index (χ1) is 11.9. The summed E-state index contributed by atoms with van der Waals surface area (Å²) in [5.41, 5.74) is 1.88. The number of ether oxygens (including phenoxy) is 2. The molecule has 3 heteroatoms. The van der Waals surface area contributed by atoms with E-state index in [4.69, 9.17) is 9.47 Å². The Morgan fingerprint density at radius 3 is 2.84 bits per heavy atom. The maximum Gasteiger partial charge on any atom is 0.157 e. The van der Waals surface area contributed by atoms with Crippen LogP contribution in [0, 0.1) is 28.6 Å². The summed E-state index contributed by atoms with van der Waals surface area (Å²) in [6, 6.07) is 0. The molecule has 1 N–H and O–H groups in total. The van der Waals surface area contributed by atoms with Crippen LogP contribution in [-0.2, 0) is 9.47 Å². The summed E-state index contributed by atoms with van der Waals surface area (Å²) < 4.78 is 11.4. The van der Waals surface area contributed by atoms with Gasteiger partial charge < -0.3 is 14.6 Å². The van der Waals surface area contributed by atoms with Crippen molar-refractivity contribution < 1.29 is 14.6 Å². The van der Waals surface area contributed by atoms with Gasteiger partial charge in [-0.05, 0) is 79.6 Å². The molecule has 2 fully saturated rings. The lowest BCUT2D eigenvalue weighted by Crippen LogP contribution is -2.50. The second-order valence-corrected chi connectivity index (χ2v) is 9.24. The van der Waals surface area contributed by atoms with E-state index >= 15 is 0 Å². The highest BCUT2D eigenvalue weighted by Gasteiger charge is 2.53. The molecule has 25 heavy (non-hydrogen) atoms. The molecule has 0 aromatic heterocycles. The van der Waals surface area contributed by atoms with Crippen molar-refractivity contribution >= 4 is 0 Å². The first kappa shape index (κ1) is 19.4. The fraction of sp³-hybridized carbons (Fsp3) is 0.909. The van der Waals surface area contributed by atoms with E-state index in [1.54, 1.807) is 0 Å². The van der Waals surface area contributed by atoms with Crippen molar-refractivity contribution in [3.8, 4) is 0 Å². The average molecular weight is 351 g/mol. The van der Waals surface area contributed by atoms with Crippen molar-refractivity contribution in [1.82, 2.24) is 0 Å². The van der Waals surface area contributed by atoms with Gasteiger partial charge in [0.2, 0.25) is 0 Å². The normalized spacial score (nSPS) is 44.4. The molecule has 144 valence electrons. The average Bonchev–Trinajstić information content (AvgIpc) is 3.05. The van der Waals surface area contributed by atoms with E-state index < -0.39 is 0 Å². The molecule has 1 saturated carbocycles. The molecule has 1 saturated heterocycles. The summed E-state index contributed by atoms with van der Waals surface area (Å²) in [5, 5.41) is 9.91. The van der Waals surface area contributed by atoms with E-state index in [1.807, 2.05) is 6.92 Å². The summed E-state index contributed by atoms with van der Waals surface area (Å²) in [5.74, 6) is 2.10. The van der Waals surface area contributed by atoms with Crippen LogP contribution in [0.25, 0.3) is 0 Å². The summed E-state index contributed by atoms with van der Waals surface area (Å²) in [6.07, 6.45) is 10.9. The highest BCUT2D eigenvalue weighted by atomic mass is 16.7. The van der Waals surface area contributed by atoms with Crippen LogP contribution in [0.15, 0.2) is 11.6 Å². The Morgan fingerprint density at radius 2 is 2.12 bits per heavy atom. The van der Waals surface area contributed by atoms with Crippen molar-refractivity contribution in [3.63, 3.8) is 0 Å². The quantitative estimate of drug-likeness (QED) is 0.690. The first-order valence-electron chi connectivity index (χ1n) is 10.5. The van der Waals surface area contributed by atoms with Crippen molar-refractivity contribution in [3.05, 3.63) is 11.6 Å². The van der Waals surface area contributed by atoms with Gasteiger partial charge in [-0.1, -0.05) is 26.8 Å². The van der Waals surface area contributed by atoms with Gasteiger partial charge in [0.05, 0.1) is 13.2 Å². The Balaban J connectivity index is 1.69. The highest BCUT2D eigenvalue weighted by Crippen LogP contribution is 2.62. The number of hydrogen-bond acceptors (Lipinski definition) is 3. The van der Waals surface area contributed by atoms with Gasteiger partial charge in [0.25, 0.3) is 0 Å². The third kappa shape index (κ3) is 3.57. The van der Waals surface area contributed by atoms with Crippen LogP contribution in [0.3, 0.4) is 0 Å². The largest absolute Gasteiger partial charge is 0.392 e. The second-order valence-electron chi connectivity index (χ2n) is 9.24. The number of hydrogen-bond donors (Lipinski definition) is 1. The number of rotatable bonds is 6. The number of aliphatic hydroxyl groups excluding tert-OH is 1. The van der Waals surface area contributed by atoms with Crippen LogP contribution in [0.4, 0.5) is 0 Å². The zero-order chi connectivity index (χ0) is 18.1. The SMILES string of the molecule is CCO[C@@H]1C[C@H](CC[C@@]2(C)[C@H](C)CC[C@@]3(C)C(CO)=CCC[C@H]23)CO1. The summed E-state index contributed by atoms with van der Waals surface area (Å²) in [6.45, 7) is 11.3. The third-order valence-corrected chi connectivity index (χ3v) is 8.03. The van der Waals surface area contributed by atoms with Crippen LogP contribution in [0.5, 0.6) is 0 Å². The zero-order valence-electron chi connectivity index (χ0n) is 16.7. The molecule has 0 bridgehead atoms. The van der Waals surface area contributed by atoms with Gasteiger partial charge in [-0.3, -0.25) is 0 Å². The lowest BCUT2D eigenvalue weighted by atomic mass is 9.46. The van der Waals surface area contributed by atoms with Gasteiger partial charge in [0, 0.05) is 13.0 Å². The van der Waals surface area contributed by atoms with Gasteiger partial charge in [-0.25, -0.2) is 0 Å². The monoisotopic (exact) mass is 350 g/mol. The molecule has 0 radical (unpaired) electrons. The zero-order valence-corrected chi connectivity index (χ0v) is 16.7. The molecule has 0 spiro atoms. The Hall–Kier alpha value is -0.380. The minimum atomic E-state index is 0.0236. The fourth-order valence-corrected chi connectivity index (χ4v) is 6.12. The minimum absolute atomic E-state index is 0.0236. The molecule has 0 aromatic rings. The van der Waals surface area contributed by atoms with E-state index in [0.29, 0.717) is 17.3 Å². The Labute approximate surface area is 154 Å². The van der Waals surface area contributed by atoms with Gasteiger partial charge in [0.15, 0.2) is 6.29 Å². The van der Waals surface area contributed by atoms with Crippen molar-refractivity contribution in [2.45, 2.75) is 78.9 Å². The molecule has 3 rings (SSSR count). The number of aliphatic hydroxyl groups is 1. The molecule has 1 aliphatic heterocycles. The highest BCUT2D eigenvalue weighted by molar-refractivity contribution is 5.22. The number of allylic oxidation sites excluding steroid dienone is 1. The maximum atomic E-state index is 9.91. The molecule has 0 unspecified atom stereocenters. The molecule has 0 amide bonds. The first-order valence-corrected chi connectivity index (χ1v) is 10.5. The Kier molecular flexibility index (Phi) is 5.97. The lowest BCUT2D eigenvalue weighted by Gasteiger charge is -2.58. The Morgan fingerprint density at radius 1 is 1.32 bits per heavy atom. The van der Waals surface area contributed by atoms with E-state index in [-0.39, 0.29) is 18.3 Å². The lowest BCUT2D eigenvalue weighted by molar-refractivity contribution is -0.106. The van der Waals surface area contributed by atoms with Crippen LogP contribution >= 0.6 is 0 Å². The van der Waals surface area contributed by atoms with Crippen LogP contribution in [0.1, 0.15) is 72.6 Å². The third-order valence-electron chi connectivity index (χ3n) is 8.03. The fourth-order valence-electron chi connectivity index (χ4n) is 6.12. The molecule has 1 heterocycles. The van der Waals surface area contributed by atoms with Crippen LogP contribution in [0.2, 0.25) is 0 Å². The summed E-state index contributed by atoms with van der Waals surface area (Å²) in [4.78, 5) is 0. The van der Waals surface area contributed by atoms with Crippen molar-refractivity contribution in [1.29, 1.82) is 0 Å². The number of fused-ring (bicyclic) bond motifs is 1. The van der Waals surface area contributed by atoms with Gasteiger partial charge in [-0.15, -0.1) is 0 Å². The smallest absolute Gasteiger partial charge is 0.157 e. The van der Waals surface area contributed by atoms with Crippen LogP contribution < -0.4 is 0 Å². The van der Waals surface area contributed by atoms with E-state index in [2.05, 4.69) is 26.8 Å². The predicted octanol–water partition coefficient (Wildman–Crippen LogP) is 4.94. The molecule has 0 aromatic carbocycles. The maximum absolute atomic E-state index is 9.91. The van der Waals surface area contributed by atoms with E-state index in [0.717, 1.165) is 32.0 Å². The standard InChI is InChI=1S/C22H38O3/c1-5-24-20-13-17(15-25-20)10-12-21(3)16(2)9-11-22(4)18(14-23)7-6-8-19(21)22/h7,16-17,19-20,23H,5-6,8-15H2,1-4H3/t16-,17+,19-,20+,21+,22+/m1/s1. The molecule has 3 aliphatic rings. The topological polar surface area (TPSA) is 38.7 Å². The van der Waals surface area contributed by atoms with Gasteiger partial charge in [0.1, 0.15) is 0 Å². The van der Waals surface area contributed by atoms with Crippen molar-refractivity contribution in [2.24, 2.45) is 28.6 Å². The minimum Gasteiger partial charge on any atom is -0.392 e. The van der Waals surface area contributed by atoms with Crippen LogP contribution in [-0.4, -0.2) is 31.2 Å². The molecule has 6 atom stereocenters. The molecular weight excluding hydrogens is 312 g/mol. The molecular formula is C22H38O3. The van der Waals surface area contributed by atoms with E-state index in [9.17, 15) is 5.11 Å². The Bertz CT molecular complexity index is 488. The summed E-state index contributed by atoms with van der Waals surface area (Å²) >= 11 is 0. The van der Waals surface area contributed by atoms with Crippen molar-refractivity contribution in [2.75, 3.05) is 19.8 Å². The van der Waals surface area contributed by atoms with E-state index in [1.165, 1.54) is 37.7 Å². The van der Waals surface area contributed by atoms with Gasteiger partial charge in [-0.2, -0.15) is 0 Å². The molecule has 2 aliphatic carbocycles. The molecule has 3 nitrogen and oxygen atoms in total. The summed E-state index contributed by atoms with van der Waals surface area (Å²) in [7, 11) is 0. The second kappa shape index (κ2) is 7.70.